The third-order valence-electron chi connectivity index (χ3n) is 3.83. The Morgan fingerprint density at radius 1 is 1.24 bits per heavy atom. The molecule has 2 unspecified atom stereocenters. The summed E-state index contributed by atoms with van der Waals surface area (Å²) in [6.07, 6.45) is 0.203. The van der Waals surface area contributed by atoms with E-state index in [9.17, 15) is 5.11 Å². The molecule has 0 aromatic carbocycles. The van der Waals surface area contributed by atoms with Gasteiger partial charge in [-0.2, -0.15) is 0 Å². The second-order valence-electron chi connectivity index (χ2n) is 6.52. The average Bonchev–Trinajstić information content (AvgIpc) is 2.39. The minimum absolute atomic E-state index is 0.0970. The van der Waals surface area contributed by atoms with Gasteiger partial charge < -0.3 is 23.7 Å². The van der Waals surface area contributed by atoms with E-state index in [2.05, 4.69) is 40.4 Å². The van der Waals surface area contributed by atoms with Gasteiger partial charge in [0, 0.05) is 7.11 Å². The summed E-state index contributed by atoms with van der Waals surface area (Å²) in [6, 6.07) is 0. The van der Waals surface area contributed by atoms with E-state index in [1.165, 1.54) is 6.08 Å². The molecule has 21 heavy (non-hydrogen) atoms. The number of hydrogen-bond donors (Lipinski definition) is 1. The maximum Gasteiger partial charge on any atom is 0.192 e. The monoisotopic (exact) mass is 320 g/mol. The number of rotatable bonds is 11. The molecule has 0 heterocycles. The SMILES string of the molecule is C=CC(O)C(CO[Si](C)(C)C(C)(C)C)OCOCCOC. The van der Waals surface area contributed by atoms with Crippen LogP contribution < -0.4 is 0 Å². The van der Waals surface area contributed by atoms with Gasteiger partial charge in [-0.3, -0.25) is 0 Å². The predicted octanol–water partition coefficient (Wildman–Crippen LogP) is 2.56. The van der Waals surface area contributed by atoms with Crippen LogP contribution in [-0.4, -0.2) is 59.4 Å². The topological polar surface area (TPSA) is 57.2 Å². The molecule has 0 rings (SSSR count). The molecule has 6 heteroatoms. The van der Waals surface area contributed by atoms with Gasteiger partial charge in [0.25, 0.3) is 0 Å². The highest BCUT2D eigenvalue weighted by Gasteiger charge is 2.38. The zero-order valence-corrected chi connectivity index (χ0v) is 15.3. The van der Waals surface area contributed by atoms with Crippen LogP contribution in [0.2, 0.25) is 18.1 Å². The zero-order chi connectivity index (χ0) is 16.5. The summed E-state index contributed by atoms with van der Waals surface area (Å²) < 4.78 is 21.8. The van der Waals surface area contributed by atoms with Crippen LogP contribution in [0.4, 0.5) is 0 Å². The van der Waals surface area contributed by atoms with Crippen LogP contribution >= 0.6 is 0 Å². The van der Waals surface area contributed by atoms with Crippen molar-refractivity contribution in [2.75, 3.05) is 33.7 Å². The van der Waals surface area contributed by atoms with E-state index in [1.807, 2.05) is 0 Å². The van der Waals surface area contributed by atoms with Crippen molar-refractivity contribution < 1.29 is 23.7 Å². The van der Waals surface area contributed by atoms with Crippen LogP contribution in [0.3, 0.4) is 0 Å². The normalized spacial score (nSPS) is 15.8. The number of hydrogen-bond acceptors (Lipinski definition) is 5. The smallest absolute Gasteiger partial charge is 0.192 e. The lowest BCUT2D eigenvalue weighted by Crippen LogP contribution is -2.45. The molecule has 126 valence electrons. The van der Waals surface area contributed by atoms with E-state index < -0.39 is 20.5 Å². The Bertz CT molecular complexity index is 288. The van der Waals surface area contributed by atoms with Gasteiger partial charge >= 0.3 is 0 Å². The largest absolute Gasteiger partial charge is 0.414 e. The van der Waals surface area contributed by atoms with Gasteiger partial charge in [-0.15, -0.1) is 6.58 Å². The molecule has 0 aromatic heterocycles. The Labute approximate surface area is 130 Å². The number of ether oxygens (including phenoxy) is 3. The van der Waals surface area contributed by atoms with Gasteiger partial charge in [0.1, 0.15) is 19.0 Å². The lowest BCUT2D eigenvalue weighted by atomic mass is 10.2. The molecular weight excluding hydrogens is 288 g/mol. The van der Waals surface area contributed by atoms with Crippen molar-refractivity contribution >= 4 is 8.32 Å². The maximum atomic E-state index is 9.93. The first-order valence-electron chi connectivity index (χ1n) is 7.28. The number of methoxy groups -OCH3 is 1. The van der Waals surface area contributed by atoms with Crippen LogP contribution in [0.15, 0.2) is 12.7 Å². The fourth-order valence-electron chi connectivity index (χ4n) is 1.24. The van der Waals surface area contributed by atoms with Crippen LogP contribution in [0.1, 0.15) is 20.8 Å². The van der Waals surface area contributed by atoms with Gasteiger partial charge in [0.05, 0.1) is 19.8 Å². The lowest BCUT2D eigenvalue weighted by molar-refractivity contribution is -0.131. The fourth-order valence-corrected chi connectivity index (χ4v) is 2.25. The summed E-state index contributed by atoms with van der Waals surface area (Å²) in [6.45, 7) is 15.8. The molecule has 0 radical (unpaired) electrons. The molecule has 0 aliphatic carbocycles. The van der Waals surface area contributed by atoms with Gasteiger partial charge in [-0.05, 0) is 18.1 Å². The van der Waals surface area contributed by atoms with E-state index in [4.69, 9.17) is 18.6 Å². The predicted molar refractivity (Wildman–Crippen MR) is 86.9 cm³/mol. The third-order valence-corrected chi connectivity index (χ3v) is 8.34. The van der Waals surface area contributed by atoms with Crippen molar-refractivity contribution in [3.05, 3.63) is 12.7 Å². The summed E-state index contributed by atoms with van der Waals surface area (Å²) in [4.78, 5) is 0. The van der Waals surface area contributed by atoms with Gasteiger partial charge in [-0.1, -0.05) is 26.8 Å². The van der Waals surface area contributed by atoms with Gasteiger partial charge in [0.2, 0.25) is 0 Å². The summed E-state index contributed by atoms with van der Waals surface area (Å²) in [5.74, 6) is 0. The Balaban J connectivity index is 4.34. The molecule has 5 nitrogen and oxygen atoms in total. The first-order chi connectivity index (χ1) is 9.65. The number of aliphatic hydroxyl groups is 1. The molecule has 1 N–H and O–H groups in total. The van der Waals surface area contributed by atoms with Gasteiger partial charge in [-0.25, -0.2) is 0 Å². The minimum Gasteiger partial charge on any atom is -0.414 e. The summed E-state index contributed by atoms with van der Waals surface area (Å²) in [5, 5.41) is 10.0. The first kappa shape index (κ1) is 20.8. The van der Waals surface area contributed by atoms with Crippen molar-refractivity contribution in [3.63, 3.8) is 0 Å². The second kappa shape index (κ2) is 9.71. The van der Waals surface area contributed by atoms with Crippen molar-refractivity contribution in [2.45, 2.75) is 51.1 Å². The molecule has 0 aliphatic rings. The first-order valence-corrected chi connectivity index (χ1v) is 10.2. The van der Waals surface area contributed by atoms with E-state index in [-0.39, 0.29) is 11.8 Å². The summed E-state index contributed by atoms with van der Waals surface area (Å²) in [7, 11) is -0.260. The highest BCUT2D eigenvalue weighted by atomic mass is 28.4. The molecule has 0 saturated carbocycles. The molecule has 0 bridgehead atoms. The Kier molecular flexibility index (Phi) is 9.60. The molecule has 0 fully saturated rings. The quantitative estimate of drug-likeness (QED) is 0.274. The van der Waals surface area contributed by atoms with Crippen molar-refractivity contribution in [2.24, 2.45) is 0 Å². The standard InChI is InChI=1S/C15H32O5Si/c1-8-13(16)14(19-12-18-10-9-17-5)11-20-21(6,7)15(2,3)4/h8,13-14,16H,1,9-12H2,2-7H3. The second-order valence-corrected chi connectivity index (χ2v) is 11.3. The molecule has 0 amide bonds. The summed E-state index contributed by atoms with van der Waals surface area (Å²) >= 11 is 0. The zero-order valence-electron chi connectivity index (χ0n) is 14.3. The molecule has 2 atom stereocenters. The Hall–Kier alpha value is -0.243. The Morgan fingerprint density at radius 2 is 1.86 bits per heavy atom. The molecule has 0 spiro atoms. The summed E-state index contributed by atoms with van der Waals surface area (Å²) in [5.41, 5.74) is 0. The minimum atomic E-state index is -1.87. The molecular formula is C15H32O5Si. The highest BCUT2D eigenvalue weighted by molar-refractivity contribution is 6.74. The molecule has 0 saturated heterocycles. The van der Waals surface area contributed by atoms with Crippen LogP contribution in [0, 0.1) is 0 Å². The maximum absolute atomic E-state index is 9.93. The van der Waals surface area contributed by atoms with Crippen LogP contribution in [-0.2, 0) is 18.6 Å². The van der Waals surface area contributed by atoms with Crippen molar-refractivity contribution in [3.8, 4) is 0 Å². The average molecular weight is 321 g/mol. The van der Waals surface area contributed by atoms with Crippen LogP contribution in [0.25, 0.3) is 0 Å². The molecule has 0 aromatic rings. The van der Waals surface area contributed by atoms with E-state index in [1.54, 1.807) is 7.11 Å². The number of aliphatic hydroxyl groups excluding tert-OH is 1. The third kappa shape index (κ3) is 8.09. The lowest BCUT2D eigenvalue weighted by Gasteiger charge is -2.37. The van der Waals surface area contributed by atoms with Crippen molar-refractivity contribution in [1.82, 2.24) is 0 Å². The van der Waals surface area contributed by atoms with Crippen LogP contribution in [0.5, 0.6) is 0 Å². The molecule has 0 aliphatic heterocycles. The Morgan fingerprint density at radius 3 is 2.33 bits per heavy atom. The van der Waals surface area contributed by atoms with E-state index in [0.29, 0.717) is 19.8 Å². The van der Waals surface area contributed by atoms with E-state index in [0.717, 1.165) is 0 Å². The fraction of sp³-hybridized carbons (Fsp3) is 0.867. The van der Waals surface area contributed by atoms with E-state index >= 15 is 0 Å². The van der Waals surface area contributed by atoms with Crippen molar-refractivity contribution in [1.29, 1.82) is 0 Å². The van der Waals surface area contributed by atoms with Gasteiger partial charge in [0.15, 0.2) is 8.32 Å². The highest BCUT2D eigenvalue weighted by Crippen LogP contribution is 2.36.